The van der Waals surface area contributed by atoms with Crippen molar-refractivity contribution in [2.75, 3.05) is 0 Å². The molecule has 0 spiro atoms. The van der Waals surface area contributed by atoms with Crippen molar-refractivity contribution in [1.82, 2.24) is 5.48 Å². The zero-order chi connectivity index (χ0) is 10.4. The Morgan fingerprint density at radius 3 is 2.36 bits per heavy atom. The van der Waals surface area contributed by atoms with E-state index in [0.717, 1.165) is 0 Å². The molecule has 1 rings (SSSR count). The van der Waals surface area contributed by atoms with Crippen LogP contribution in [0.25, 0.3) is 0 Å². The normalized spacial score (nSPS) is 9.50. The quantitative estimate of drug-likeness (QED) is 0.428. The Hall–Kier alpha value is -1.68. The molecule has 14 heavy (non-hydrogen) atoms. The lowest BCUT2D eigenvalue weighted by Gasteiger charge is -1.99. The summed E-state index contributed by atoms with van der Waals surface area (Å²) in [5, 5.41) is 8.21. The summed E-state index contributed by atoms with van der Waals surface area (Å²) in [5.74, 6) is -0.650. The maximum atomic E-state index is 11.4. The van der Waals surface area contributed by atoms with Crippen LogP contribution in [-0.2, 0) is 4.79 Å². The number of ketones is 1. The van der Waals surface area contributed by atoms with E-state index >= 15 is 0 Å². The first-order chi connectivity index (χ1) is 6.74. The zero-order valence-electron chi connectivity index (χ0n) is 7.56. The van der Waals surface area contributed by atoms with Crippen LogP contribution in [0.3, 0.4) is 0 Å². The molecule has 0 aromatic heterocycles. The molecule has 0 radical (unpaired) electrons. The number of amides is 1. The predicted octanol–water partition coefficient (Wildman–Crippen LogP) is 1.15. The van der Waals surface area contributed by atoms with Crippen LogP contribution in [0.4, 0.5) is 0 Å². The van der Waals surface area contributed by atoms with E-state index in [0.29, 0.717) is 5.56 Å². The minimum atomic E-state index is -0.547. The molecule has 4 heteroatoms. The first-order valence-corrected chi connectivity index (χ1v) is 4.25. The van der Waals surface area contributed by atoms with Crippen molar-refractivity contribution in [3.05, 3.63) is 35.9 Å². The lowest BCUT2D eigenvalue weighted by Crippen LogP contribution is -2.19. The van der Waals surface area contributed by atoms with E-state index in [-0.39, 0.29) is 18.6 Å². The summed E-state index contributed by atoms with van der Waals surface area (Å²) < 4.78 is 0. The van der Waals surface area contributed by atoms with Gasteiger partial charge in [0.1, 0.15) is 0 Å². The second-order valence-electron chi connectivity index (χ2n) is 2.82. The number of hydrogen-bond donors (Lipinski definition) is 2. The fourth-order valence-electron chi connectivity index (χ4n) is 1.05. The molecule has 2 N–H and O–H groups in total. The number of carbonyl (C=O) groups excluding carboxylic acids is 2. The van der Waals surface area contributed by atoms with Crippen molar-refractivity contribution >= 4 is 11.7 Å². The Morgan fingerprint density at radius 2 is 1.79 bits per heavy atom. The van der Waals surface area contributed by atoms with Gasteiger partial charge in [0.15, 0.2) is 5.78 Å². The Morgan fingerprint density at radius 1 is 1.14 bits per heavy atom. The Kier molecular flexibility index (Phi) is 3.82. The Labute approximate surface area is 81.5 Å². The van der Waals surface area contributed by atoms with Crippen LogP contribution in [0.2, 0.25) is 0 Å². The molecule has 1 aromatic rings. The molecule has 0 heterocycles. The largest absolute Gasteiger partial charge is 0.294 e. The van der Waals surface area contributed by atoms with E-state index in [9.17, 15) is 9.59 Å². The average Bonchev–Trinajstić information content (AvgIpc) is 2.26. The Bertz CT molecular complexity index is 321. The number of benzene rings is 1. The molecule has 0 bridgehead atoms. The molecule has 0 aliphatic rings. The third-order valence-electron chi connectivity index (χ3n) is 1.80. The number of hydroxylamine groups is 1. The van der Waals surface area contributed by atoms with E-state index in [1.165, 1.54) is 5.48 Å². The van der Waals surface area contributed by atoms with Gasteiger partial charge in [0.25, 0.3) is 0 Å². The number of carbonyl (C=O) groups is 2. The summed E-state index contributed by atoms with van der Waals surface area (Å²) in [7, 11) is 0. The van der Waals surface area contributed by atoms with Crippen molar-refractivity contribution in [2.45, 2.75) is 12.8 Å². The second kappa shape index (κ2) is 5.14. The molecule has 0 saturated heterocycles. The third-order valence-corrected chi connectivity index (χ3v) is 1.80. The summed E-state index contributed by atoms with van der Waals surface area (Å²) in [6.07, 6.45) is 0.112. The zero-order valence-corrected chi connectivity index (χ0v) is 7.56. The van der Waals surface area contributed by atoms with Gasteiger partial charge in [-0.1, -0.05) is 30.3 Å². The topological polar surface area (TPSA) is 66.4 Å². The first kappa shape index (κ1) is 10.4. The molecule has 0 aliphatic heterocycles. The molecule has 0 saturated carbocycles. The highest BCUT2D eigenvalue weighted by atomic mass is 16.5. The Balaban J connectivity index is 2.48. The van der Waals surface area contributed by atoms with Gasteiger partial charge in [-0.25, -0.2) is 5.48 Å². The van der Waals surface area contributed by atoms with Gasteiger partial charge in [0.05, 0.1) is 0 Å². The molecular formula is C10H11NO3. The van der Waals surface area contributed by atoms with Gasteiger partial charge in [-0.3, -0.25) is 14.8 Å². The minimum absolute atomic E-state index is 0.00419. The van der Waals surface area contributed by atoms with Crippen LogP contribution in [0, 0.1) is 0 Å². The highest BCUT2D eigenvalue weighted by molar-refractivity contribution is 5.97. The van der Waals surface area contributed by atoms with E-state index in [1.54, 1.807) is 24.3 Å². The number of hydrogen-bond acceptors (Lipinski definition) is 3. The highest BCUT2D eigenvalue weighted by Gasteiger charge is 2.07. The standard InChI is InChI=1S/C10H11NO3/c12-9(6-7-10(13)11-14)8-4-2-1-3-5-8/h1-5,14H,6-7H2,(H,11,13). The van der Waals surface area contributed by atoms with Crippen LogP contribution in [0.1, 0.15) is 23.2 Å². The van der Waals surface area contributed by atoms with Crippen molar-refractivity contribution in [2.24, 2.45) is 0 Å². The number of Topliss-reactive ketones (excluding diaryl/α,β-unsaturated/α-hetero) is 1. The first-order valence-electron chi connectivity index (χ1n) is 4.25. The average molecular weight is 193 g/mol. The van der Waals surface area contributed by atoms with Gasteiger partial charge < -0.3 is 0 Å². The van der Waals surface area contributed by atoms with Gasteiger partial charge in [0, 0.05) is 18.4 Å². The lowest BCUT2D eigenvalue weighted by molar-refractivity contribution is -0.129. The SMILES string of the molecule is O=C(CCC(=O)c1ccccc1)NO. The molecule has 0 atom stereocenters. The van der Waals surface area contributed by atoms with Crippen molar-refractivity contribution in [3.8, 4) is 0 Å². The molecular weight excluding hydrogens is 182 g/mol. The van der Waals surface area contributed by atoms with Crippen LogP contribution in [0.5, 0.6) is 0 Å². The summed E-state index contributed by atoms with van der Waals surface area (Å²) in [6, 6.07) is 8.73. The van der Waals surface area contributed by atoms with Gasteiger partial charge in [-0.2, -0.15) is 0 Å². The second-order valence-corrected chi connectivity index (χ2v) is 2.82. The molecule has 0 fully saturated rings. The van der Waals surface area contributed by atoms with Crippen molar-refractivity contribution in [3.63, 3.8) is 0 Å². The van der Waals surface area contributed by atoms with Gasteiger partial charge in [-0.15, -0.1) is 0 Å². The van der Waals surface area contributed by atoms with Crippen molar-refractivity contribution in [1.29, 1.82) is 0 Å². The summed E-state index contributed by atoms with van der Waals surface area (Å²) in [4.78, 5) is 22.0. The van der Waals surface area contributed by atoms with Gasteiger partial charge in [-0.05, 0) is 0 Å². The van der Waals surface area contributed by atoms with Crippen LogP contribution >= 0.6 is 0 Å². The smallest absolute Gasteiger partial charge is 0.243 e. The van der Waals surface area contributed by atoms with E-state index in [4.69, 9.17) is 5.21 Å². The highest BCUT2D eigenvalue weighted by Crippen LogP contribution is 2.04. The molecule has 1 amide bonds. The molecule has 1 aromatic carbocycles. The maximum absolute atomic E-state index is 11.4. The minimum Gasteiger partial charge on any atom is -0.294 e. The van der Waals surface area contributed by atoms with Gasteiger partial charge in [0.2, 0.25) is 5.91 Å². The van der Waals surface area contributed by atoms with Crippen molar-refractivity contribution < 1.29 is 14.8 Å². The van der Waals surface area contributed by atoms with Crippen LogP contribution < -0.4 is 5.48 Å². The molecule has 0 unspecified atom stereocenters. The van der Waals surface area contributed by atoms with Gasteiger partial charge >= 0.3 is 0 Å². The monoisotopic (exact) mass is 193 g/mol. The van der Waals surface area contributed by atoms with E-state index in [2.05, 4.69) is 0 Å². The summed E-state index contributed by atoms with van der Waals surface area (Å²) in [5.41, 5.74) is 2.06. The maximum Gasteiger partial charge on any atom is 0.243 e. The molecule has 4 nitrogen and oxygen atoms in total. The lowest BCUT2D eigenvalue weighted by atomic mass is 10.1. The third kappa shape index (κ3) is 2.99. The number of nitrogens with one attached hydrogen (secondary N) is 1. The fraction of sp³-hybridized carbons (Fsp3) is 0.200. The van der Waals surface area contributed by atoms with Crippen LogP contribution in [0.15, 0.2) is 30.3 Å². The number of rotatable bonds is 4. The fourth-order valence-corrected chi connectivity index (χ4v) is 1.05. The van der Waals surface area contributed by atoms with E-state index < -0.39 is 5.91 Å². The predicted molar refractivity (Wildman–Crippen MR) is 49.9 cm³/mol. The van der Waals surface area contributed by atoms with Crippen LogP contribution in [-0.4, -0.2) is 16.9 Å². The summed E-state index contributed by atoms with van der Waals surface area (Å²) >= 11 is 0. The summed E-state index contributed by atoms with van der Waals surface area (Å²) in [6.45, 7) is 0. The molecule has 74 valence electrons. The molecule has 0 aliphatic carbocycles. The van der Waals surface area contributed by atoms with E-state index in [1.807, 2.05) is 6.07 Å².